The van der Waals surface area contributed by atoms with Gasteiger partial charge in [-0.3, -0.25) is 4.79 Å². The Hall–Kier alpha value is -0.570. The maximum Gasteiger partial charge on any atom is 0.302 e. The van der Waals surface area contributed by atoms with E-state index in [-0.39, 0.29) is 12.1 Å². The van der Waals surface area contributed by atoms with E-state index in [1.807, 2.05) is 0 Å². The van der Waals surface area contributed by atoms with Crippen LogP contribution >= 0.6 is 0 Å². The van der Waals surface area contributed by atoms with Crippen molar-refractivity contribution in [2.75, 3.05) is 13.7 Å². The van der Waals surface area contributed by atoms with Crippen molar-refractivity contribution in [2.45, 2.75) is 39.2 Å². The highest BCUT2D eigenvalue weighted by molar-refractivity contribution is 5.65. The van der Waals surface area contributed by atoms with Gasteiger partial charge < -0.3 is 9.47 Å². The second kappa shape index (κ2) is 7.10. The third kappa shape index (κ3) is 6.16. The second-order valence-corrected chi connectivity index (χ2v) is 2.80. The van der Waals surface area contributed by atoms with Crippen molar-refractivity contribution in [2.24, 2.45) is 0 Å². The van der Waals surface area contributed by atoms with Crippen LogP contribution in [0.5, 0.6) is 0 Å². The van der Waals surface area contributed by atoms with E-state index in [4.69, 9.17) is 9.47 Å². The molecule has 0 saturated heterocycles. The molecule has 0 aliphatic rings. The predicted molar refractivity (Wildman–Crippen MR) is 47.0 cm³/mol. The van der Waals surface area contributed by atoms with E-state index < -0.39 is 0 Å². The summed E-state index contributed by atoms with van der Waals surface area (Å²) in [6.45, 7) is 3.91. The lowest BCUT2D eigenvalue weighted by Gasteiger charge is -2.13. The van der Waals surface area contributed by atoms with E-state index >= 15 is 0 Å². The fourth-order valence-electron chi connectivity index (χ4n) is 0.911. The zero-order valence-electron chi connectivity index (χ0n) is 8.13. The van der Waals surface area contributed by atoms with Gasteiger partial charge in [0.2, 0.25) is 0 Å². The Bertz CT molecular complexity index is 123. The van der Waals surface area contributed by atoms with E-state index in [1.165, 1.54) is 6.92 Å². The van der Waals surface area contributed by atoms with Crippen LogP contribution < -0.4 is 0 Å². The monoisotopic (exact) mass is 174 g/mol. The van der Waals surface area contributed by atoms with Gasteiger partial charge in [0.15, 0.2) is 0 Å². The second-order valence-electron chi connectivity index (χ2n) is 2.80. The van der Waals surface area contributed by atoms with Crippen molar-refractivity contribution in [3.63, 3.8) is 0 Å². The zero-order valence-corrected chi connectivity index (χ0v) is 8.13. The van der Waals surface area contributed by atoms with Crippen molar-refractivity contribution in [3.8, 4) is 0 Å². The molecule has 72 valence electrons. The molecule has 0 spiro atoms. The molecule has 1 atom stereocenters. The number of ether oxygens (including phenoxy) is 2. The Labute approximate surface area is 74.0 Å². The number of hydrogen-bond donors (Lipinski definition) is 0. The minimum absolute atomic E-state index is 0.0637. The van der Waals surface area contributed by atoms with E-state index in [9.17, 15) is 4.79 Å². The van der Waals surface area contributed by atoms with Gasteiger partial charge in [-0.1, -0.05) is 19.8 Å². The molecule has 0 aromatic heterocycles. The SMILES string of the molecule is CCCCC(COC(C)=O)OC. The molecule has 3 heteroatoms. The van der Waals surface area contributed by atoms with Gasteiger partial charge in [0.25, 0.3) is 0 Å². The maximum atomic E-state index is 10.5. The highest BCUT2D eigenvalue weighted by atomic mass is 16.6. The number of methoxy groups -OCH3 is 1. The molecule has 0 aromatic rings. The van der Waals surface area contributed by atoms with Crippen LogP contribution in [0, 0.1) is 0 Å². The first kappa shape index (κ1) is 11.4. The smallest absolute Gasteiger partial charge is 0.302 e. The van der Waals surface area contributed by atoms with Crippen LogP contribution in [-0.4, -0.2) is 25.8 Å². The van der Waals surface area contributed by atoms with Crippen LogP contribution in [-0.2, 0) is 14.3 Å². The van der Waals surface area contributed by atoms with Gasteiger partial charge in [-0.2, -0.15) is 0 Å². The first-order valence-corrected chi connectivity index (χ1v) is 4.36. The fourth-order valence-corrected chi connectivity index (χ4v) is 0.911. The van der Waals surface area contributed by atoms with Crippen LogP contribution in [0.15, 0.2) is 0 Å². The summed E-state index contributed by atoms with van der Waals surface area (Å²) in [4.78, 5) is 10.5. The van der Waals surface area contributed by atoms with Crippen molar-refractivity contribution < 1.29 is 14.3 Å². The largest absolute Gasteiger partial charge is 0.463 e. The Morgan fingerprint density at radius 1 is 1.50 bits per heavy atom. The van der Waals surface area contributed by atoms with Crippen LogP contribution in [0.2, 0.25) is 0 Å². The molecule has 0 rings (SSSR count). The molecule has 0 radical (unpaired) electrons. The molecular formula is C9H18O3. The molecule has 12 heavy (non-hydrogen) atoms. The lowest BCUT2D eigenvalue weighted by molar-refractivity contribution is -0.144. The summed E-state index contributed by atoms with van der Waals surface area (Å²) in [6, 6.07) is 0. The van der Waals surface area contributed by atoms with Crippen LogP contribution in [0.3, 0.4) is 0 Å². The normalized spacial score (nSPS) is 12.6. The molecule has 0 aliphatic carbocycles. The Morgan fingerprint density at radius 2 is 2.17 bits per heavy atom. The number of carbonyl (C=O) groups is 1. The van der Waals surface area contributed by atoms with Crippen LogP contribution in [0.1, 0.15) is 33.1 Å². The summed E-state index contributed by atoms with van der Waals surface area (Å²) in [5.41, 5.74) is 0. The Balaban J connectivity index is 3.45. The van der Waals surface area contributed by atoms with E-state index in [1.54, 1.807) is 7.11 Å². The van der Waals surface area contributed by atoms with Crippen molar-refractivity contribution >= 4 is 5.97 Å². The summed E-state index contributed by atoms with van der Waals surface area (Å²) in [5.74, 6) is -0.242. The standard InChI is InChI=1S/C9H18O3/c1-4-5-6-9(11-3)7-12-8(2)10/h9H,4-7H2,1-3H3. The molecule has 0 bridgehead atoms. The molecule has 0 aromatic carbocycles. The molecule has 0 amide bonds. The summed E-state index contributed by atoms with van der Waals surface area (Å²) in [6.07, 6.45) is 3.27. The zero-order chi connectivity index (χ0) is 9.40. The first-order valence-electron chi connectivity index (χ1n) is 4.36. The molecule has 0 fully saturated rings. The van der Waals surface area contributed by atoms with Gasteiger partial charge >= 0.3 is 5.97 Å². The van der Waals surface area contributed by atoms with E-state index in [0.29, 0.717) is 6.61 Å². The summed E-state index contributed by atoms with van der Waals surface area (Å²) < 4.78 is 9.95. The summed E-state index contributed by atoms with van der Waals surface area (Å²) in [5, 5.41) is 0. The molecule has 0 aliphatic heterocycles. The van der Waals surface area contributed by atoms with Crippen molar-refractivity contribution in [1.82, 2.24) is 0 Å². The molecule has 0 heterocycles. The molecule has 1 unspecified atom stereocenters. The molecule has 3 nitrogen and oxygen atoms in total. The molecular weight excluding hydrogens is 156 g/mol. The third-order valence-corrected chi connectivity index (χ3v) is 1.69. The van der Waals surface area contributed by atoms with Gasteiger partial charge in [0.05, 0.1) is 6.10 Å². The Morgan fingerprint density at radius 3 is 2.58 bits per heavy atom. The maximum absolute atomic E-state index is 10.5. The minimum Gasteiger partial charge on any atom is -0.463 e. The number of esters is 1. The number of unbranched alkanes of at least 4 members (excludes halogenated alkanes) is 1. The number of rotatable bonds is 6. The molecule has 0 N–H and O–H groups in total. The number of carbonyl (C=O) groups excluding carboxylic acids is 1. The average Bonchev–Trinajstić information content (AvgIpc) is 2.05. The Kier molecular flexibility index (Phi) is 6.76. The fraction of sp³-hybridized carbons (Fsp3) is 0.889. The van der Waals surface area contributed by atoms with Gasteiger partial charge in [-0.05, 0) is 6.42 Å². The number of hydrogen-bond acceptors (Lipinski definition) is 3. The van der Waals surface area contributed by atoms with Gasteiger partial charge in [0, 0.05) is 14.0 Å². The van der Waals surface area contributed by atoms with Gasteiger partial charge in [-0.25, -0.2) is 0 Å². The lowest BCUT2D eigenvalue weighted by atomic mass is 10.2. The van der Waals surface area contributed by atoms with Gasteiger partial charge in [-0.15, -0.1) is 0 Å². The van der Waals surface area contributed by atoms with Crippen molar-refractivity contribution in [1.29, 1.82) is 0 Å². The van der Waals surface area contributed by atoms with Crippen LogP contribution in [0.4, 0.5) is 0 Å². The highest BCUT2D eigenvalue weighted by Crippen LogP contribution is 2.04. The average molecular weight is 174 g/mol. The predicted octanol–water partition coefficient (Wildman–Crippen LogP) is 1.75. The van der Waals surface area contributed by atoms with E-state index in [2.05, 4.69) is 6.92 Å². The van der Waals surface area contributed by atoms with Gasteiger partial charge in [0.1, 0.15) is 6.61 Å². The minimum atomic E-state index is -0.242. The topological polar surface area (TPSA) is 35.5 Å². The third-order valence-electron chi connectivity index (χ3n) is 1.69. The molecule has 0 saturated carbocycles. The van der Waals surface area contributed by atoms with Crippen LogP contribution in [0.25, 0.3) is 0 Å². The summed E-state index contributed by atoms with van der Waals surface area (Å²) in [7, 11) is 1.64. The van der Waals surface area contributed by atoms with Crippen molar-refractivity contribution in [3.05, 3.63) is 0 Å². The first-order chi connectivity index (χ1) is 5.70. The van der Waals surface area contributed by atoms with E-state index in [0.717, 1.165) is 19.3 Å². The quantitative estimate of drug-likeness (QED) is 0.575. The highest BCUT2D eigenvalue weighted by Gasteiger charge is 2.07. The lowest BCUT2D eigenvalue weighted by Crippen LogP contribution is -2.19. The summed E-state index contributed by atoms with van der Waals surface area (Å²) >= 11 is 0.